The van der Waals surface area contributed by atoms with E-state index in [9.17, 15) is 4.79 Å². The summed E-state index contributed by atoms with van der Waals surface area (Å²) in [4.78, 5) is 13.8. The predicted octanol–water partition coefficient (Wildman–Crippen LogP) is 2.44. The summed E-state index contributed by atoms with van der Waals surface area (Å²) in [5, 5.41) is 6.03. The first-order chi connectivity index (χ1) is 11.0. The molecule has 124 valence electrons. The van der Waals surface area contributed by atoms with Gasteiger partial charge in [-0.3, -0.25) is 4.79 Å². The molecule has 3 rings (SSSR count). The van der Waals surface area contributed by atoms with Crippen LogP contribution in [-0.4, -0.2) is 30.7 Å². The lowest BCUT2D eigenvalue weighted by atomic mass is 9.94. The Morgan fingerprint density at radius 1 is 1.39 bits per heavy atom. The van der Waals surface area contributed by atoms with Crippen molar-refractivity contribution in [2.45, 2.75) is 38.1 Å². The maximum atomic E-state index is 11.5. The van der Waals surface area contributed by atoms with Crippen molar-refractivity contribution in [2.24, 2.45) is 5.73 Å². The van der Waals surface area contributed by atoms with Crippen LogP contribution in [0, 0.1) is 0 Å². The van der Waals surface area contributed by atoms with Gasteiger partial charge in [0.05, 0.1) is 17.1 Å². The van der Waals surface area contributed by atoms with Crippen LogP contribution in [0.3, 0.4) is 0 Å². The van der Waals surface area contributed by atoms with E-state index in [2.05, 4.69) is 22.6 Å². The van der Waals surface area contributed by atoms with Gasteiger partial charge in [0.2, 0.25) is 0 Å². The normalized spacial score (nSPS) is 17.7. The molecule has 1 aliphatic carbocycles. The van der Waals surface area contributed by atoms with Crippen molar-refractivity contribution >= 4 is 40.3 Å². The number of fused-ring (bicyclic) bond motifs is 1. The lowest BCUT2D eigenvalue weighted by molar-refractivity contribution is -0.118. The molecule has 1 heterocycles. The fourth-order valence-electron chi connectivity index (χ4n) is 3.31. The SMILES string of the molecule is CN(c1cc2c(cc1NC(N)=S)NC(=O)CO2)C1CCCCC1. The summed E-state index contributed by atoms with van der Waals surface area (Å²) in [6, 6.07) is 4.27. The smallest absolute Gasteiger partial charge is 0.262 e. The number of carbonyl (C=O) groups is 1. The topological polar surface area (TPSA) is 79.6 Å². The Kier molecular flexibility index (Phi) is 4.56. The van der Waals surface area contributed by atoms with E-state index in [0.717, 1.165) is 11.4 Å². The van der Waals surface area contributed by atoms with Gasteiger partial charge in [-0.15, -0.1) is 0 Å². The predicted molar refractivity (Wildman–Crippen MR) is 96.3 cm³/mol. The fraction of sp³-hybridized carbons (Fsp3) is 0.500. The van der Waals surface area contributed by atoms with E-state index >= 15 is 0 Å². The monoisotopic (exact) mass is 334 g/mol. The standard InChI is InChI=1S/C16H22N4O2S/c1-20(10-5-3-2-4-6-10)13-8-14-12(18-15(21)9-22-14)7-11(13)19-16(17)23/h7-8,10H,2-6,9H2,1H3,(H,18,21)(H3,17,19,23). The lowest BCUT2D eigenvalue weighted by Gasteiger charge is -2.35. The Morgan fingerprint density at radius 3 is 2.83 bits per heavy atom. The number of nitrogens with two attached hydrogens (primary N) is 1. The second-order valence-electron chi connectivity index (χ2n) is 6.09. The Labute approximate surface area is 141 Å². The van der Waals surface area contributed by atoms with Crippen LogP contribution in [-0.2, 0) is 4.79 Å². The van der Waals surface area contributed by atoms with Crippen molar-refractivity contribution in [2.75, 3.05) is 29.2 Å². The van der Waals surface area contributed by atoms with Crippen molar-refractivity contribution < 1.29 is 9.53 Å². The molecule has 1 aliphatic heterocycles. The third-order valence-electron chi connectivity index (χ3n) is 4.49. The Balaban J connectivity index is 1.95. The number of hydrogen-bond donors (Lipinski definition) is 3. The van der Waals surface area contributed by atoms with Crippen LogP contribution in [0.15, 0.2) is 12.1 Å². The van der Waals surface area contributed by atoms with Gasteiger partial charge in [0.25, 0.3) is 5.91 Å². The van der Waals surface area contributed by atoms with Crippen molar-refractivity contribution in [3.8, 4) is 5.75 Å². The number of ether oxygens (including phenoxy) is 1. The highest BCUT2D eigenvalue weighted by Crippen LogP contribution is 2.40. The molecular formula is C16H22N4O2S. The molecule has 0 atom stereocenters. The van der Waals surface area contributed by atoms with E-state index in [4.69, 9.17) is 22.7 Å². The summed E-state index contributed by atoms with van der Waals surface area (Å²) in [6.07, 6.45) is 6.17. The average molecular weight is 334 g/mol. The number of anilines is 3. The molecule has 0 unspecified atom stereocenters. The first kappa shape index (κ1) is 15.9. The van der Waals surface area contributed by atoms with Crippen LogP contribution < -0.4 is 26.0 Å². The minimum absolute atomic E-state index is 0.0433. The highest BCUT2D eigenvalue weighted by Gasteiger charge is 2.24. The van der Waals surface area contributed by atoms with Gasteiger partial charge in [-0.25, -0.2) is 0 Å². The largest absolute Gasteiger partial charge is 0.482 e. The molecule has 0 bridgehead atoms. The molecule has 2 aliphatic rings. The van der Waals surface area contributed by atoms with Crippen molar-refractivity contribution in [3.63, 3.8) is 0 Å². The van der Waals surface area contributed by atoms with Gasteiger partial charge >= 0.3 is 0 Å². The van der Waals surface area contributed by atoms with E-state index in [-0.39, 0.29) is 17.6 Å². The van der Waals surface area contributed by atoms with Crippen LogP contribution in [0.2, 0.25) is 0 Å². The maximum absolute atomic E-state index is 11.5. The molecule has 1 aromatic carbocycles. The van der Waals surface area contributed by atoms with E-state index in [1.54, 1.807) is 0 Å². The number of amides is 1. The van der Waals surface area contributed by atoms with Crippen LogP contribution >= 0.6 is 12.2 Å². The maximum Gasteiger partial charge on any atom is 0.262 e. The van der Waals surface area contributed by atoms with Crippen LogP contribution in [0.5, 0.6) is 5.75 Å². The minimum Gasteiger partial charge on any atom is -0.482 e. The minimum atomic E-state index is -0.160. The number of nitrogens with zero attached hydrogens (tertiary/aromatic N) is 1. The van der Waals surface area contributed by atoms with E-state index in [1.165, 1.54) is 32.1 Å². The Hall–Kier alpha value is -2.02. The molecule has 0 spiro atoms. The molecule has 0 aromatic heterocycles. The third kappa shape index (κ3) is 3.50. The zero-order chi connectivity index (χ0) is 16.4. The molecule has 6 nitrogen and oxygen atoms in total. The van der Waals surface area contributed by atoms with Gasteiger partial charge in [0.15, 0.2) is 11.7 Å². The summed E-state index contributed by atoms with van der Waals surface area (Å²) < 4.78 is 5.54. The quantitative estimate of drug-likeness (QED) is 0.737. The van der Waals surface area contributed by atoms with Gasteiger partial charge in [0, 0.05) is 19.2 Å². The van der Waals surface area contributed by atoms with Crippen molar-refractivity contribution in [3.05, 3.63) is 12.1 Å². The first-order valence-electron chi connectivity index (χ1n) is 7.94. The van der Waals surface area contributed by atoms with Gasteiger partial charge in [-0.2, -0.15) is 0 Å². The molecule has 23 heavy (non-hydrogen) atoms. The number of benzene rings is 1. The molecule has 1 aromatic rings. The molecular weight excluding hydrogens is 312 g/mol. The Morgan fingerprint density at radius 2 is 2.13 bits per heavy atom. The first-order valence-corrected chi connectivity index (χ1v) is 8.35. The fourth-order valence-corrected chi connectivity index (χ4v) is 3.42. The molecule has 7 heteroatoms. The van der Waals surface area contributed by atoms with Crippen molar-refractivity contribution in [1.82, 2.24) is 0 Å². The molecule has 4 N–H and O–H groups in total. The van der Waals surface area contributed by atoms with Gasteiger partial charge < -0.3 is 26.0 Å². The van der Waals surface area contributed by atoms with Gasteiger partial charge in [-0.05, 0) is 31.1 Å². The number of nitrogens with one attached hydrogen (secondary N) is 2. The van der Waals surface area contributed by atoms with Gasteiger partial charge in [0.1, 0.15) is 5.75 Å². The van der Waals surface area contributed by atoms with Gasteiger partial charge in [-0.1, -0.05) is 19.3 Å². The summed E-state index contributed by atoms with van der Waals surface area (Å²) >= 11 is 4.99. The molecule has 0 saturated heterocycles. The summed E-state index contributed by atoms with van der Waals surface area (Å²) in [5.74, 6) is 0.517. The zero-order valence-electron chi connectivity index (χ0n) is 13.2. The lowest BCUT2D eigenvalue weighted by Crippen LogP contribution is -2.34. The van der Waals surface area contributed by atoms with Crippen LogP contribution in [0.4, 0.5) is 17.1 Å². The van der Waals surface area contributed by atoms with E-state index < -0.39 is 0 Å². The summed E-state index contributed by atoms with van der Waals surface area (Å²) in [7, 11) is 2.09. The second kappa shape index (κ2) is 6.62. The third-order valence-corrected chi connectivity index (χ3v) is 4.59. The van der Waals surface area contributed by atoms with E-state index in [1.807, 2.05) is 12.1 Å². The number of rotatable bonds is 3. The Bertz CT molecular complexity index is 629. The summed E-state index contributed by atoms with van der Waals surface area (Å²) in [6.45, 7) is 0.0433. The van der Waals surface area contributed by atoms with Crippen LogP contribution in [0.1, 0.15) is 32.1 Å². The highest BCUT2D eigenvalue weighted by atomic mass is 32.1. The number of thiocarbonyl (C=S) groups is 1. The molecule has 0 radical (unpaired) electrons. The number of hydrogen-bond acceptors (Lipinski definition) is 4. The molecule has 1 fully saturated rings. The van der Waals surface area contributed by atoms with Crippen molar-refractivity contribution in [1.29, 1.82) is 0 Å². The van der Waals surface area contributed by atoms with Crippen LogP contribution in [0.25, 0.3) is 0 Å². The number of carbonyl (C=O) groups excluding carboxylic acids is 1. The zero-order valence-corrected chi connectivity index (χ0v) is 14.0. The molecule has 1 saturated carbocycles. The second-order valence-corrected chi connectivity index (χ2v) is 6.53. The highest BCUT2D eigenvalue weighted by molar-refractivity contribution is 7.80. The average Bonchev–Trinajstić information content (AvgIpc) is 2.54. The van der Waals surface area contributed by atoms with E-state index in [0.29, 0.717) is 17.5 Å². The molecule has 1 amide bonds. The summed E-state index contributed by atoms with van der Waals surface area (Å²) in [5.41, 5.74) is 8.07.